The second-order valence-electron chi connectivity index (χ2n) is 8.51. The van der Waals surface area contributed by atoms with E-state index in [1.165, 1.54) is 0 Å². The van der Waals surface area contributed by atoms with Crippen molar-refractivity contribution in [3.8, 4) is 0 Å². The number of rotatable bonds is 3. The first kappa shape index (κ1) is 20.3. The first-order valence-electron chi connectivity index (χ1n) is 9.59. The Labute approximate surface area is 165 Å². The van der Waals surface area contributed by atoms with Gasteiger partial charge in [0, 0.05) is 31.6 Å². The number of hydrogen-bond acceptors (Lipinski definition) is 6. The molecule has 2 fully saturated rings. The van der Waals surface area contributed by atoms with Gasteiger partial charge < -0.3 is 14.4 Å². The molecule has 0 aromatic heterocycles. The quantitative estimate of drug-likeness (QED) is 0.584. The van der Waals surface area contributed by atoms with Crippen molar-refractivity contribution in [2.45, 2.75) is 51.5 Å². The van der Waals surface area contributed by atoms with E-state index in [-0.39, 0.29) is 31.4 Å². The van der Waals surface area contributed by atoms with E-state index >= 15 is 0 Å². The van der Waals surface area contributed by atoms with E-state index in [0.717, 1.165) is 5.56 Å². The third-order valence-electron chi connectivity index (χ3n) is 5.24. The summed E-state index contributed by atoms with van der Waals surface area (Å²) in [7, 11) is 1.89. The third-order valence-corrected chi connectivity index (χ3v) is 5.24. The Bertz CT molecular complexity index is 743. The van der Waals surface area contributed by atoms with Crippen LogP contribution in [-0.4, -0.2) is 65.5 Å². The number of fused-ring (bicyclic) bond motifs is 2. The van der Waals surface area contributed by atoms with Crippen LogP contribution in [0.5, 0.6) is 0 Å². The number of likely N-dealkylation sites (tertiary alicyclic amines) is 1. The minimum Gasteiger partial charge on any atom is -0.460 e. The normalized spacial score (nSPS) is 25.4. The molecule has 0 N–H and O–H groups in total. The van der Waals surface area contributed by atoms with Crippen LogP contribution >= 0.6 is 0 Å². The molecule has 1 amide bonds. The highest BCUT2D eigenvalue weighted by Crippen LogP contribution is 2.31. The molecule has 0 spiro atoms. The van der Waals surface area contributed by atoms with Gasteiger partial charge in [-0.15, -0.1) is 0 Å². The highest BCUT2D eigenvalue weighted by atomic mass is 16.6. The fourth-order valence-electron chi connectivity index (χ4n) is 3.79. The highest BCUT2D eigenvalue weighted by Gasteiger charge is 2.50. The van der Waals surface area contributed by atoms with Crippen LogP contribution < -0.4 is 0 Å². The molecule has 7 nitrogen and oxygen atoms in total. The lowest BCUT2D eigenvalue weighted by Gasteiger charge is -2.49. The summed E-state index contributed by atoms with van der Waals surface area (Å²) >= 11 is 0. The van der Waals surface area contributed by atoms with Crippen molar-refractivity contribution in [1.29, 1.82) is 0 Å². The van der Waals surface area contributed by atoms with Gasteiger partial charge in [0.2, 0.25) is 0 Å². The average Bonchev–Trinajstić information content (AvgIpc) is 2.60. The Morgan fingerprint density at radius 3 is 2.46 bits per heavy atom. The number of likely N-dealkylation sites (N-methyl/N-ethyl adjacent to an activating group) is 1. The number of piperidine rings is 1. The van der Waals surface area contributed by atoms with Gasteiger partial charge >= 0.3 is 12.1 Å². The van der Waals surface area contributed by atoms with Gasteiger partial charge in [0.05, 0.1) is 0 Å². The van der Waals surface area contributed by atoms with E-state index < -0.39 is 29.6 Å². The molecule has 3 atom stereocenters. The monoisotopic (exact) mass is 388 g/mol. The first-order valence-corrected chi connectivity index (χ1v) is 9.59. The number of nitrogens with zero attached hydrogens (tertiary/aromatic N) is 2. The molecule has 28 heavy (non-hydrogen) atoms. The predicted octanol–water partition coefficient (Wildman–Crippen LogP) is 2.24. The van der Waals surface area contributed by atoms with Crippen LogP contribution in [0, 0.1) is 5.92 Å². The zero-order valence-electron chi connectivity index (χ0n) is 16.9. The number of ketones is 1. The van der Waals surface area contributed by atoms with Crippen molar-refractivity contribution < 1.29 is 23.9 Å². The maximum atomic E-state index is 12.7. The number of amides is 1. The lowest BCUT2D eigenvalue weighted by Crippen LogP contribution is -2.67. The molecular weight excluding hydrogens is 360 g/mol. The Kier molecular flexibility index (Phi) is 5.74. The van der Waals surface area contributed by atoms with Crippen LogP contribution in [0.3, 0.4) is 0 Å². The fourth-order valence-corrected chi connectivity index (χ4v) is 3.79. The summed E-state index contributed by atoms with van der Waals surface area (Å²) in [4.78, 5) is 41.5. The molecule has 1 aromatic carbocycles. The van der Waals surface area contributed by atoms with Crippen LogP contribution in [-0.2, 0) is 25.7 Å². The van der Waals surface area contributed by atoms with Crippen molar-refractivity contribution >= 4 is 17.8 Å². The van der Waals surface area contributed by atoms with Gasteiger partial charge in [-0.3, -0.25) is 14.5 Å². The van der Waals surface area contributed by atoms with Crippen molar-refractivity contribution in [3.05, 3.63) is 35.9 Å². The van der Waals surface area contributed by atoms with Crippen LogP contribution in [0.1, 0.15) is 32.8 Å². The Hall–Kier alpha value is -2.41. The minimum atomic E-state index is -0.893. The summed E-state index contributed by atoms with van der Waals surface area (Å²) in [6.07, 6.45) is -0.196. The molecule has 0 saturated carbocycles. The largest absolute Gasteiger partial charge is 0.460 e. The molecular formula is C21H28N2O5. The maximum absolute atomic E-state index is 12.7. The number of carbonyl (C=O) groups is 3. The predicted molar refractivity (Wildman–Crippen MR) is 102 cm³/mol. The Morgan fingerprint density at radius 2 is 1.82 bits per heavy atom. The maximum Gasteiger partial charge on any atom is 0.410 e. The smallest absolute Gasteiger partial charge is 0.410 e. The van der Waals surface area contributed by atoms with Crippen molar-refractivity contribution in [1.82, 2.24) is 9.80 Å². The number of esters is 1. The summed E-state index contributed by atoms with van der Waals surface area (Å²) < 4.78 is 10.9. The summed E-state index contributed by atoms with van der Waals surface area (Å²) in [5, 5.41) is 0. The van der Waals surface area contributed by atoms with Crippen LogP contribution in [0.15, 0.2) is 30.3 Å². The molecule has 3 unspecified atom stereocenters. The standard InChI is InChI=1S/C21H28N2O5/c1-21(2,3)28-20(26)23-11-15-10-17(24)18(16(12-23)22(15)4)19(25)27-13-14-8-6-5-7-9-14/h5-9,15-16,18H,10-13H2,1-4H3. The molecule has 7 heteroatoms. The third kappa shape index (κ3) is 4.52. The number of hydrogen-bond donors (Lipinski definition) is 0. The van der Waals surface area contributed by atoms with Crippen molar-refractivity contribution in [2.24, 2.45) is 5.92 Å². The van der Waals surface area contributed by atoms with Crippen molar-refractivity contribution in [2.75, 3.05) is 20.1 Å². The van der Waals surface area contributed by atoms with E-state index in [9.17, 15) is 14.4 Å². The van der Waals surface area contributed by atoms with Gasteiger partial charge in [-0.05, 0) is 33.4 Å². The highest BCUT2D eigenvalue weighted by molar-refractivity contribution is 6.01. The topological polar surface area (TPSA) is 76.2 Å². The molecule has 0 radical (unpaired) electrons. The summed E-state index contributed by atoms with van der Waals surface area (Å²) in [6, 6.07) is 8.83. The minimum absolute atomic E-state index is 0.114. The summed E-state index contributed by atoms with van der Waals surface area (Å²) in [5.74, 6) is -1.54. The van der Waals surface area contributed by atoms with Gasteiger partial charge in [-0.2, -0.15) is 0 Å². The van der Waals surface area contributed by atoms with Gasteiger partial charge in [-0.25, -0.2) is 4.79 Å². The van der Waals surface area contributed by atoms with E-state index in [1.54, 1.807) is 4.90 Å². The molecule has 2 bridgehead atoms. The lowest BCUT2D eigenvalue weighted by atomic mass is 9.81. The van der Waals surface area contributed by atoms with Gasteiger partial charge in [0.15, 0.2) is 0 Å². The number of ether oxygens (including phenoxy) is 2. The molecule has 3 rings (SSSR count). The van der Waals surface area contributed by atoms with Crippen molar-refractivity contribution in [3.63, 3.8) is 0 Å². The number of carbonyl (C=O) groups excluding carboxylic acids is 3. The van der Waals surface area contributed by atoms with E-state index in [2.05, 4.69) is 0 Å². The number of piperazine rings is 1. The van der Waals surface area contributed by atoms with E-state index in [1.807, 2.05) is 63.1 Å². The summed E-state index contributed by atoms with van der Waals surface area (Å²) in [5.41, 5.74) is 0.267. The summed E-state index contributed by atoms with van der Waals surface area (Å²) in [6.45, 7) is 6.25. The van der Waals surface area contributed by atoms with Gasteiger partial charge in [0.25, 0.3) is 0 Å². The SMILES string of the molecule is CN1C2CC(=O)C(C(=O)OCc3ccccc3)C1CN(C(=O)OC(C)(C)C)C2. The Balaban J connectivity index is 1.70. The number of Topliss-reactive ketones (excluding diaryl/α,β-unsaturated/α-hetero) is 1. The number of benzene rings is 1. The lowest BCUT2D eigenvalue weighted by molar-refractivity contribution is -0.162. The van der Waals surface area contributed by atoms with E-state index in [0.29, 0.717) is 6.54 Å². The average molecular weight is 388 g/mol. The van der Waals surface area contributed by atoms with Gasteiger partial charge in [0.1, 0.15) is 23.9 Å². The molecule has 152 valence electrons. The first-order chi connectivity index (χ1) is 13.2. The Morgan fingerprint density at radius 1 is 1.14 bits per heavy atom. The molecule has 1 aromatic rings. The van der Waals surface area contributed by atoms with Crippen LogP contribution in [0.2, 0.25) is 0 Å². The second kappa shape index (κ2) is 7.91. The zero-order chi connectivity index (χ0) is 20.5. The fraction of sp³-hybridized carbons (Fsp3) is 0.571. The zero-order valence-corrected chi connectivity index (χ0v) is 16.9. The molecule has 2 aliphatic rings. The molecule has 0 aliphatic carbocycles. The molecule has 2 aliphatic heterocycles. The van der Waals surface area contributed by atoms with Gasteiger partial charge in [-0.1, -0.05) is 30.3 Å². The molecule has 2 saturated heterocycles. The van der Waals surface area contributed by atoms with Crippen LogP contribution in [0.25, 0.3) is 0 Å². The molecule has 2 heterocycles. The van der Waals surface area contributed by atoms with E-state index in [4.69, 9.17) is 9.47 Å². The second-order valence-corrected chi connectivity index (χ2v) is 8.51. The van der Waals surface area contributed by atoms with Crippen LogP contribution in [0.4, 0.5) is 4.79 Å².